The molecule has 3 aromatic rings. The maximum atomic E-state index is 14.1. The van der Waals surface area contributed by atoms with Gasteiger partial charge in [0, 0.05) is 37.3 Å². The smallest absolute Gasteiger partial charge is 0.303 e. The van der Waals surface area contributed by atoms with Crippen molar-refractivity contribution in [2.75, 3.05) is 6.54 Å². The quantitative estimate of drug-likeness (QED) is 0.526. The molecule has 7 heteroatoms. The Kier molecular flexibility index (Phi) is 6.95. The second kappa shape index (κ2) is 9.64. The molecule has 31 heavy (non-hydrogen) atoms. The van der Waals surface area contributed by atoms with Crippen molar-refractivity contribution in [1.29, 1.82) is 0 Å². The topological polar surface area (TPSA) is 88.8 Å². The molecule has 6 nitrogen and oxygen atoms in total. The molecule has 0 aliphatic rings. The third-order valence-corrected chi connectivity index (χ3v) is 5.30. The highest BCUT2D eigenvalue weighted by atomic mass is 19.1. The number of aryl methyl sites for hydroxylation is 1. The fraction of sp³-hybridized carbons (Fsp3) is 0.333. The van der Waals surface area contributed by atoms with Gasteiger partial charge in [0.2, 0.25) is 5.91 Å². The van der Waals surface area contributed by atoms with Gasteiger partial charge in [-0.2, -0.15) is 0 Å². The van der Waals surface area contributed by atoms with Gasteiger partial charge in [0.15, 0.2) is 0 Å². The van der Waals surface area contributed by atoms with Crippen LogP contribution in [0.1, 0.15) is 41.4 Å². The number of aliphatic carboxylic acids is 1. The van der Waals surface area contributed by atoms with Crippen LogP contribution in [0.15, 0.2) is 34.7 Å². The van der Waals surface area contributed by atoms with Crippen LogP contribution < -0.4 is 10.1 Å². The number of nitrogens with one attached hydrogen (secondary N) is 1. The first kappa shape index (κ1) is 22.3. The third kappa shape index (κ3) is 5.63. The van der Waals surface area contributed by atoms with E-state index in [1.807, 2.05) is 26.0 Å². The van der Waals surface area contributed by atoms with Gasteiger partial charge in [0.1, 0.15) is 29.5 Å². The summed E-state index contributed by atoms with van der Waals surface area (Å²) in [5.74, 6) is -0.00709. The second-order valence-electron chi connectivity index (χ2n) is 7.58. The van der Waals surface area contributed by atoms with Crippen molar-refractivity contribution < 1.29 is 28.2 Å². The van der Waals surface area contributed by atoms with Crippen molar-refractivity contribution in [2.24, 2.45) is 0 Å². The molecule has 0 radical (unpaired) electrons. The third-order valence-electron chi connectivity index (χ3n) is 5.30. The van der Waals surface area contributed by atoms with E-state index in [1.54, 1.807) is 6.07 Å². The summed E-state index contributed by atoms with van der Waals surface area (Å²) in [5.41, 5.74) is 4.03. The molecule has 0 bridgehead atoms. The second-order valence-corrected chi connectivity index (χ2v) is 7.58. The van der Waals surface area contributed by atoms with Gasteiger partial charge in [-0.3, -0.25) is 9.59 Å². The number of ether oxygens (including phenoxy) is 1. The van der Waals surface area contributed by atoms with Crippen molar-refractivity contribution in [3.63, 3.8) is 0 Å². The maximum Gasteiger partial charge on any atom is 0.303 e. The molecule has 1 amide bonds. The predicted octanol–water partition coefficient (Wildman–Crippen LogP) is 4.46. The Hall–Kier alpha value is -3.35. The lowest BCUT2D eigenvalue weighted by molar-refractivity contribution is -0.137. The summed E-state index contributed by atoms with van der Waals surface area (Å²) in [6.45, 7) is 5.88. The van der Waals surface area contributed by atoms with Crippen LogP contribution >= 0.6 is 0 Å². The number of halogens is 1. The molecule has 0 unspecified atom stereocenters. The van der Waals surface area contributed by atoms with E-state index in [0.717, 1.165) is 16.7 Å². The summed E-state index contributed by atoms with van der Waals surface area (Å²) >= 11 is 0. The number of carboxylic acid groups (broad SMARTS) is 1. The Morgan fingerprint density at radius 2 is 1.87 bits per heavy atom. The number of carbonyl (C=O) groups is 2. The van der Waals surface area contributed by atoms with E-state index in [9.17, 15) is 14.0 Å². The van der Waals surface area contributed by atoms with Crippen LogP contribution in [0.3, 0.4) is 0 Å². The summed E-state index contributed by atoms with van der Waals surface area (Å²) < 4.78 is 26.0. The molecule has 0 saturated heterocycles. The van der Waals surface area contributed by atoms with Gasteiger partial charge in [-0.1, -0.05) is 6.07 Å². The molecule has 3 rings (SSSR count). The van der Waals surface area contributed by atoms with E-state index in [2.05, 4.69) is 5.32 Å². The molecule has 1 aromatic heterocycles. The molecule has 1 heterocycles. The SMILES string of the molecule is CC(=O)NCCc1cc2cc(F)cc(COc3ccc(CCC(=O)O)c(C)c3C)c2o1. The number of hydrogen-bond acceptors (Lipinski definition) is 4. The zero-order valence-corrected chi connectivity index (χ0v) is 17.9. The molecule has 2 N–H and O–H groups in total. The number of rotatable bonds is 9. The average molecular weight is 427 g/mol. The van der Waals surface area contributed by atoms with Crippen LogP contribution in [-0.4, -0.2) is 23.5 Å². The van der Waals surface area contributed by atoms with Crippen LogP contribution in [0, 0.1) is 19.7 Å². The van der Waals surface area contributed by atoms with Gasteiger partial charge in [0.05, 0.1) is 0 Å². The fourth-order valence-electron chi connectivity index (χ4n) is 3.51. The standard InChI is InChI=1S/C24H26FNO5/c1-14-15(2)22(6-4-17(14)5-7-23(28)29)30-13-19-11-20(25)10-18-12-21(31-24(18)19)8-9-26-16(3)27/h4,6,10-12H,5,7-9,13H2,1-3H3,(H,26,27)(H,28,29). The minimum atomic E-state index is -0.831. The lowest BCUT2D eigenvalue weighted by Gasteiger charge is -2.14. The number of hydrogen-bond donors (Lipinski definition) is 2. The van der Waals surface area contributed by atoms with Crippen LogP contribution in [0.5, 0.6) is 5.75 Å². The Balaban J connectivity index is 1.77. The number of carbonyl (C=O) groups excluding carboxylic acids is 1. The van der Waals surface area contributed by atoms with Gasteiger partial charge >= 0.3 is 5.97 Å². The number of furan rings is 1. The number of carboxylic acids is 1. The molecule has 0 aliphatic heterocycles. The molecule has 164 valence electrons. The molecular weight excluding hydrogens is 401 g/mol. The number of fused-ring (bicyclic) bond motifs is 1. The average Bonchev–Trinajstić information content (AvgIpc) is 3.10. The Bertz CT molecular complexity index is 1120. The normalized spacial score (nSPS) is 11.0. The number of amides is 1. The molecule has 0 saturated carbocycles. The highest BCUT2D eigenvalue weighted by Crippen LogP contribution is 2.29. The lowest BCUT2D eigenvalue weighted by atomic mass is 9.99. The van der Waals surface area contributed by atoms with Crippen LogP contribution in [0.2, 0.25) is 0 Å². The molecule has 0 atom stereocenters. The van der Waals surface area contributed by atoms with Crippen molar-refractivity contribution in [1.82, 2.24) is 5.32 Å². The van der Waals surface area contributed by atoms with E-state index in [0.29, 0.717) is 47.4 Å². The van der Waals surface area contributed by atoms with Crippen molar-refractivity contribution in [3.05, 3.63) is 64.2 Å². The van der Waals surface area contributed by atoms with Crippen LogP contribution in [-0.2, 0) is 29.0 Å². The summed E-state index contributed by atoms with van der Waals surface area (Å²) in [4.78, 5) is 21.9. The number of benzene rings is 2. The monoisotopic (exact) mass is 427 g/mol. The minimum Gasteiger partial charge on any atom is -0.488 e. The van der Waals surface area contributed by atoms with Gasteiger partial charge in [-0.15, -0.1) is 0 Å². The zero-order chi connectivity index (χ0) is 22.5. The van der Waals surface area contributed by atoms with Crippen LogP contribution in [0.4, 0.5) is 4.39 Å². The van der Waals surface area contributed by atoms with Crippen LogP contribution in [0.25, 0.3) is 11.0 Å². The summed E-state index contributed by atoms with van der Waals surface area (Å²) in [7, 11) is 0. The summed E-state index contributed by atoms with van der Waals surface area (Å²) in [5, 5.41) is 12.3. The highest BCUT2D eigenvalue weighted by Gasteiger charge is 2.14. The van der Waals surface area contributed by atoms with Gasteiger partial charge in [0.25, 0.3) is 0 Å². The zero-order valence-electron chi connectivity index (χ0n) is 17.9. The van der Waals surface area contributed by atoms with Gasteiger partial charge in [-0.05, 0) is 61.2 Å². The van der Waals surface area contributed by atoms with E-state index < -0.39 is 5.97 Å². The maximum absolute atomic E-state index is 14.1. The first-order valence-corrected chi connectivity index (χ1v) is 10.1. The van der Waals surface area contributed by atoms with Gasteiger partial charge < -0.3 is 19.6 Å². The Labute approximate surface area is 180 Å². The highest BCUT2D eigenvalue weighted by molar-refractivity contribution is 5.81. The van der Waals surface area contributed by atoms with Crippen molar-refractivity contribution >= 4 is 22.8 Å². The molecule has 0 fully saturated rings. The lowest BCUT2D eigenvalue weighted by Crippen LogP contribution is -2.22. The Morgan fingerprint density at radius 3 is 2.58 bits per heavy atom. The minimum absolute atomic E-state index is 0.0739. The molecular formula is C24H26FNO5. The molecule has 0 aliphatic carbocycles. The molecule has 2 aromatic carbocycles. The van der Waals surface area contributed by atoms with Crippen molar-refractivity contribution in [3.8, 4) is 5.75 Å². The summed E-state index contributed by atoms with van der Waals surface area (Å²) in [6, 6.07) is 8.27. The van der Waals surface area contributed by atoms with E-state index in [-0.39, 0.29) is 24.8 Å². The van der Waals surface area contributed by atoms with Gasteiger partial charge in [-0.25, -0.2) is 4.39 Å². The first-order chi connectivity index (χ1) is 14.7. The first-order valence-electron chi connectivity index (χ1n) is 10.1. The van der Waals surface area contributed by atoms with E-state index in [1.165, 1.54) is 19.1 Å². The summed E-state index contributed by atoms with van der Waals surface area (Å²) in [6.07, 6.45) is 1.04. The van der Waals surface area contributed by atoms with E-state index in [4.69, 9.17) is 14.3 Å². The molecule has 0 spiro atoms. The fourth-order valence-corrected chi connectivity index (χ4v) is 3.51. The van der Waals surface area contributed by atoms with E-state index >= 15 is 0 Å². The Morgan fingerprint density at radius 1 is 1.10 bits per heavy atom. The predicted molar refractivity (Wildman–Crippen MR) is 115 cm³/mol. The van der Waals surface area contributed by atoms with Crippen molar-refractivity contribution in [2.45, 2.75) is 46.6 Å². The largest absolute Gasteiger partial charge is 0.488 e.